The number of fused-ring (bicyclic) bond motifs is 2. The number of hydrogen-bond acceptors (Lipinski definition) is 5. The van der Waals surface area contributed by atoms with E-state index in [9.17, 15) is 27.8 Å². The third-order valence-corrected chi connectivity index (χ3v) is 10.0. The summed E-state index contributed by atoms with van der Waals surface area (Å²) in [6.07, 6.45) is 1.01. The van der Waals surface area contributed by atoms with Crippen LogP contribution in [0.3, 0.4) is 0 Å². The predicted molar refractivity (Wildman–Crippen MR) is 128 cm³/mol. The van der Waals surface area contributed by atoms with Gasteiger partial charge in [-0.15, -0.1) is 0 Å². The highest BCUT2D eigenvalue weighted by Crippen LogP contribution is 2.72. The van der Waals surface area contributed by atoms with Crippen molar-refractivity contribution in [1.29, 1.82) is 0 Å². The van der Waals surface area contributed by atoms with Crippen molar-refractivity contribution in [2.24, 2.45) is 4.99 Å². The molecule has 2 bridgehead atoms. The van der Waals surface area contributed by atoms with Gasteiger partial charge in [0, 0.05) is 16.2 Å². The van der Waals surface area contributed by atoms with Crippen molar-refractivity contribution in [3.63, 3.8) is 0 Å². The minimum atomic E-state index is -3.79. The Morgan fingerprint density at radius 2 is 2.09 bits per heavy atom. The number of aromatic nitrogens is 1. The van der Waals surface area contributed by atoms with Crippen molar-refractivity contribution >= 4 is 50.4 Å². The number of carbonyl (C=O) groups is 1. The number of pyridine rings is 1. The van der Waals surface area contributed by atoms with Gasteiger partial charge >= 0.3 is 6.09 Å². The van der Waals surface area contributed by atoms with Crippen molar-refractivity contribution in [2.75, 3.05) is 6.67 Å². The molecule has 0 saturated carbocycles. The average molecular weight is 560 g/mol. The highest BCUT2D eigenvalue weighted by molar-refractivity contribution is 9.10. The van der Waals surface area contributed by atoms with Crippen molar-refractivity contribution in [1.82, 2.24) is 10.3 Å². The first kappa shape index (κ1) is 24.7. The third-order valence-electron chi connectivity index (χ3n) is 6.43. The van der Waals surface area contributed by atoms with Crippen LogP contribution in [-0.2, 0) is 5.54 Å². The zero-order valence-electron chi connectivity index (χ0n) is 17.8. The van der Waals surface area contributed by atoms with Crippen LogP contribution in [0.25, 0.3) is 11.9 Å². The van der Waals surface area contributed by atoms with Crippen molar-refractivity contribution in [2.45, 2.75) is 35.3 Å². The Bertz CT molecular complexity index is 1210. The molecule has 2 aromatic rings. The molecule has 34 heavy (non-hydrogen) atoms. The maximum atomic E-state index is 15.1. The van der Waals surface area contributed by atoms with Crippen LogP contribution >= 0.6 is 26.5 Å². The topological polar surface area (TPSA) is 115 Å². The second kappa shape index (κ2) is 8.67. The summed E-state index contributed by atoms with van der Waals surface area (Å²) in [6, 6.07) is 6.81. The van der Waals surface area contributed by atoms with Crippen molar-refractivity contribution in [3.05, 3.63) is 63.6 Å². The van der Waals surface area contributed by atoms with Crippen molar-refractivity contribution < 1.29 is 32.2 Å². The molecule has 0 unspecified atom stereocenters. The van der Waals surface area contributed by atoms with Crippen LogP contribution in [0.15, 0.2) is 46.0 Å². The molecule has 7 nitrogen and oxygen atoms in total. The summed E-state index contributed by atoms with van der Waals surface area (Å²) in [7, 11) is -3.79. The number of carboxylic acid groups (broad SMARTS) is 1. The van der Waals surface area contributed by atoms with E-state index in [-0.39, 0.29) is 29.7 Å². The lowest BCUT2D eigenvalue weighted by Gasteiger charge is -2.55. The molecule has 1 fully saturated rings. The standard InChI is InChI=1S/C22H21BrF3N3O4S/c1-21(18-6-7-22(11-24,34(18,32)33)19(29-21)28-20(30)31)14-8-12(2-4-15(14)25)9-16(26)17-5-3-13(23)10-27-17/h2-5,8-10,18,32-33H,6-7,11H2,1H3,(H,28,29)(H,30,31)/b16-9-/t18-,21+,22-/m0/s1. The van der Waals surface area contributed by atoms with E-state index in [1.165, 1.54) is 31.3 Å². The normalized spacial score (nSPS) is 28.9. The molecule has 1 amide bonds. The van der Waals surface area contributed by atoms with Gasteiger partial charge < -0.3 is 5.11 Å². The minimum Gasteiger partial charge on any atom is -0.465 e. The van der Waals surface area contributed by atoms with Crippen LogP contribution in [0.1, 0.15) is 36.6 Å². The maximum Gasteiger partial charge on any atom is 0.410 e. The number of hydrogen-bond donors (Lipinski definition) is 4. The molecule has 12 heteroatoms. The van der Waals surface area contributed by atoms with Gasteiger partial charge in [0.05, 0.1) is 10.9 Å². The summed E-state index contributed by atoms with van der Waals surface area (Å²) < 4.78 is 64.9. The first-order valence-corrected chi connectivity index (χ1v) is 12.6. The maximum absolute atomic E-state index is 15.1. The summed E-state index contributed by atoms with van der Waals surface area (Å²) >= 11 is 3.22. The summed E-state index contributed by atoms with van der Waals surface area (Å²) in [6.45, 7) is 0.194. The molecule has 0 spiro atoms. The molecular formula is C22H21BrF3N3O4S. The van der Waals surface area contributed by atoms with E-state index in [0.29, 0.717) is 4.47 Å². The summed E-state index contributed by atoms with van der Waals surface area (Å²) in [5.74, 6) is -1.89. The van der Waals surface area contributed by atoms with E-state index >= 15 is 4.39 Å². The molecule has 3 heterocycles. The fraction of sp³-hybridized carbons (Fsp3) is 0.318. The van der Waals surface area contributed by atoms with Crippen LogP contribution in [0.5, 0.6) is 0 Å². The van der Waals surface area contributed by atoms with Gasteiger partial charge in [-0.05, 0) is 71.6 Å². The first-order valence-electron chi connectivity index (χ1n) is 10.2. The van der Waals surface area contributed by atoms with E-state index in [1.807, 2.05) is 5.32 Å². The van der Waals surface area contributed by atoms with Gasteiger partial charge in [0.15, 0.2) is 0 Å². The zero-order valence-corrected chi connectivity index (χ0v) is 20.2. The van der Waals surface area contributed by atoms with E-state index in [4.69, 9.17) is 0 Å². The number of halogens is 4. The molecular weight excluding hydrogens is 539 g/mol. The predicted octanol–water partition coefficient (Wildman–Crippen LogP) is 5.97. The third kappa shape index (κ3) is 3.82. The number of amidine groups is 1. The van der Waals surface area contributed by atoms with E-state index in [2.05, 4.69) is 25.9 Å². The monoisotopic (exact) mass is 559 g/mol. The molecule has 3 atom stereocenters. The van der Waals surface area contributed by atoms with Gasteiger partial charge in [0.1, 0.15) is 34.4 Å². The Balaban J connectivity index is 1.84. The SMILES string of the molecule is C[C@]1(c2cc(/C=C(\F)c3ccc(Br)cn3)ccc2F)N=C(NC(=O)O)[C@@]2(CF)CC[C@@H]1S2(O)O. The van der Waals surface area contributed by atoms with Crippen molar-refractivity contribution in [3.8, 4) is 0 Å². The summed E-state index contributed by atoms with van der Waals surface area (Å²) in [5, 5.41) is 10.2. The smallest absolute Gasteiger partial charge is 0.410 e. The molecule has 0 radical (unpaired) electrons. The van der Waals surface area contributed by atoms with E-state index < -0.39 is 56.4 Å². The van der Waals surface area contributed by atoms with Gasteiger partial charge in [0.2, 0.25) is 0 Å². The second-order valence-corrected chi connectivity index (χ2v) is 11.8. The largest absolute Gasteiger partial charge is 0.465 e. The average Bonchev–Trinajstić information content (AvgIpc) is 2.97. The number of nitrogens with one attached hydrogen (secondary N) is 1. The number of benzene rings is 1. The van der Waals surface area contributed by atoms with Crippen LogP contribution < -0.4 is 5.32 Å². The van der Waals surface area contributed by atoms with Crippen LogP contribution in [0.4, 0.5) is 18.0 Å². The Morgan fingerprint density at radius 3 is 2.71 bits per heavy atom. The molecule has 1 aromatic heterocycles. The number of rotatable bonds is 4. The Kier molecular flexibility index (Phi) is 6.30. The van der Waals surface area contributed by atoms with Gasteiger partial charge in [-0.2, -0.15) is 10.6 Å². The Labute approximate surface area is 203 Å². The fourth-order valence-electron chi connectivity index (χ4n) is 4.66. The quantitative estimate of drug-likeness (QED) is 0.368. The second-order valence-electron chi connectivity index (χ2n) is 8.38. The van der Waals surface area contributed by atoms with Gasteiger partial charge in [-0.25, -0.2) is 18.0 Å². The molecule has 2 aliphatic rings. The molecule has 4 N–H and O–H groups in total. The summed E-state index contributed by atoms with van der Waals surface area (Å²) in [5.41, 5.74) is -1.44. The summed E-state index contributed by atoms with van der Waals surface area (Å²) in [4.78, 5) is 19.7. The van der Waals surface area contributed by atoms with Gasteiger partial charge in [-0.3, -0.25) is 24.4 Å². The molecule has 2 aliphatic heterocycles. The molecule has 4 rings (SSSR count). The number of amides is 1. The highest BCUT2D eigenvalue weighted by atomic mass is 79.9. The Hall–Kier alpha value is -2.41. The lowest BCUT2D eigenvalue weighted by Crippen LogP contribution is -2.58. The Morgan fingerprint density at radius 1 is 1.35 bits per heavy atom. The number of aliphatic imine (C=N–C) groups is 1. The van der Waals surface area contributed by atoms with E-state index in [0.717, 1.165) is 12.1 Å². The zero-order chi connectivity index (χ0) is 24.9. The first-order chi connectivity index (χ1) is 15.9. The fourth-order valence-corrected chi connectivity index (χ4v) is 7.67. The highest BCUT2D eigenvalue weighted by Gasteiger charge is 2.66. The minimum absolute atomic E-state index is 0.0571. The molecule has 1 aromatic carbocycles. The van der Waals surface area contributed by atoms with Gasteiger partial charge in [0.25, 0.3) is 0 Å². The van der Waals surface area contributed by atoms with E-state index in [1.54, 1.807) is 6.07 Å². The van der Waals surface area contributed by atoms with Crippen LogP contribution in [0.2, 0.25) is 0 Å². The van der Waals surface area contributed by atoms with Crippen LogP contribution in [0, 0.1) is 5.82 Å². The lowest BCUT2D eigenvalue weighted by atomic mass is 9.86. The molecule has 0 aliphatic carbocycles. The number of nitrogens with zero attached hydrogens (tertiary/aromatic N) is 2. The van der Waals surface area contributed by atoms with Crippen LogP contribution in [-0.4, -0.2) is 47.8 Å². The van der Waals surface area contributed by atoms with Gasteiger partial charge in [-0.1, -0.05) is 6.07 Å². The number of alkyl halides is 1. The molecule has 182 valence electrons. The lowest BCUT2D eigenvalue weighted by molar-refractivity contribution is 0.199. The molecule has 1 saturated heterocycles.